The van der Waals surface area contributed by atoms with Gasteiger partial charge in [-0.1, -0.05) is 12.1 Å². The molecule has 0 heterocycles. The number of hydrogen-bond acceptors (Lipinski definition) is 5. The SMILES string of the molecule is COCc1cccc(C(=O)Nc2cc(OC)c(OC)c(OC)c2)c1. The minimum atomic E-state index is -0.234. The van der Waals surface area contributed by atoms with Crippen LogP contribution < -0.4 is 19.5 Å². The molecule has 0 unspecified atom stereocenters. The molecule has 2 aromatic carbocycles. The zero-order valence-corrected chi connectivity index (χ0v) is 14.2. The van der Waals surface area contributed by atoms with Crippen LogP contribution in [-0.4, -0.2) is 34.3 Å². The van der Waals surface area contributed by atoms with Gasteiger partial charge in [-0.15, -0.1) is 0 Å². The summed E-state index contributed by atoms with van der Waals surface area (Å²) in [5, 5.41) is 2.83. The molecule has 0 aliphatic rings. The van der Waals surface area contributed by atoms with E-state index in [1.807, 2.05) is 12.1 Å². The lowest BCUT2D eigenvalue weighted by molar-refractivity contribution is 0.102. The van der Waals surface area contributed by atoms with Crippen LogP contribution in [0.1, 0.15) is 15.9 Å². The van der Waals surface area contributed by atoms with Crippen molar-refractivity contribution in [3.8, 4) is 17.2 Å². The first-order valence-electron chi connectivity index (χ1n) is 7.32. The quantitative estimate of drug-likeness (QED) is 0.844. The normalized spacial score (nSPS) is 10.2. The van der Waals surface area contributed by atoms with Crippen molar-refractivity contribution < 1.29 is 23.7 Å². The summed E-state index contributed by atoms with van der Waals surface area (Å²) in [5.74, 6) is 1.18. The van der Waals surface area contributed by atoms with E-state index in [0.717, 1.165) is 5.56 Å². The summed E-state index contributed by atoms with van der Waals surface area (Å²) in [4.78, 5) is 12.5. The zero-order chi connectivity index (χ0) is 17.5. The summed E-state index contributed by atoms with van der Waals surface area (Å²) in [7, 11) is 6.19. The van der Waals surface area contributed by atoms with E-state index in [1.54, 1.807) is 31.4 Å². The number of amides is 1. The lowest BCUT2D eigenvalue weighted by Gasteiger charge is -2.14. The topological polar surface area (TPSA) is 66.0 Å². The number of methoxy groups -OCH3 is 4. The predicted octanol–water partition coefficient (Wildman–Crippen LogP) is 3.11. The number of ether oxygens (including phenoxy) is 4. The van der Waals surface area contributed by atoms with Crippen LogP contribution in [0.3, 0.4) is 0 Å². The largest absolute Gasteiger partial charge is 0.493 e. The molecular weight excluding hydrogens is 310 g/mol. The number of anilines is 1. The fourth-order valence-corrected chi connectivity index (χ4v) is 2.33. The zero-order valence-electron chi connectivity index (χ0n) is 14.2. The molecule has 0 saturated carbocycles. The Bertz CT molecular complexity index is 689. The Morgan fingerprint density at radius 3 is 2.17 bits per heavy atom. The Kier molecular flexibility index (Phi) is 6.03. The Balaban J connectivity index is 2.27. The van der Waals surface area contributed by atoms with Crippen LogP contribution in [0.5, 0.6) is 17.2 Å². The molecule has 6 nitrogen and oxygen atoms in total. The number of rotatable bonds is 7. The van der Waals surface area contributed by atoms with Gasteiger partial charge in [-0.05, 0) is 17.7 Å². The first-order valence-corrected chi connectivity index (χ1v) is 7.32. The maximum Gasteiger partial charge on any atom is 0.255 e. The van der Waals surface area contributed by atoms with E-state index in [0.29, 0.717) is 35.1 Å². The van der Waals surface area contributed by atoms with Crippen LogP contribution >= 0.6 is 0 Å². The van der Waals surface area contributed by atoms with Gasteiger partial charge in [0.25, 0.3) is 5.91 Å². The van der Waals surface area contributed by atoms with Crippen molar-refractivity contribution in [2.45, 2.75) is 6.61 Å². The summed E-state index contributed by atoms with van der Waals surface area (Å²) in [6, 6.07) is 10.6. The lowest BCUT2D eigenvalue weighted by atomic mass is 10.1. The van der Waals surface area contributed by atoms with E-state index in [-0.39, 0.29) is 5.91 Å². The van der Waals surface area contributed by atoms with E-state index in [9.17, 15) is 4.79 Å². The molecule has 2 rings (SSSR count). The summed E-state index contributed by atoms with van der Waals surface area (Å²) >= 11 is 0. The minimum absolute atomic E-state index is 0.234. The van der Waals surface area contributed by atoms with Crippen LogP contribution in [0.25, 0.3) is 0 Å². The van der Waals surface area contributed by atoms with E-state index >= 15 is 0 Å². The van der Waals surface area contributed by atoms with Gasteiger partial charge >= 0.3 is 0 Å². The number of carbonyl (C=O) groups is 1. The molecule has 0 aliphatic heterocycles. The van der Waals surface area contributed by atoms with Crippen molar-refractivity contribution in [2.24, 2.45) is 0 Å². The Morgan fingerprint density at radius 1 is 0.958 bits per heavy atom. The Labute approximate surface area is 141 Å². The molecule has 0 fully saturated rings. The van der Waals surface area contributed by atoms with Crippen molar-refractivity contribution >= 4 is 11.6 Å². The average Bonchev–Trinajstić information content (AvgIpc) is 2.61. The maximum atomic E-state index is 12.5. The van der Waals surface area contributed by atoms with E-state index in [2.05, 4.69) is 5.32 Å². The molecular formula is C18H21NO5. The van der Waals surface area contributed by atoms with Crippen LogP contribution in [0.4, 0.5) is 5.69 Å². The molecule has 0 spiro atoms. The Hall–Kier alpha value is -2.73. The summed E-state index contributed by atoms with van der Waals surface area (Å²) in [6.07, 6.45) is 0. The highest BCUT2D eigenvalue weighted by molar-refractivity contribution is 6.04. The van der Waals surface area contributed by atoms with E-state index < -0.39 is 0 Å². The van der Waals surface area contributed by atoms with Crippen LogP contribution in [0.2, 0.25) is 0 Å². The molecule has 0 aromatic heterocycles. The van der Waals surface area contributed by atoms with Gasteiger partial charge < -0.3 is 24.3 Å². The molecule has 24 heavy (non-hydrogen) atoms. The molecule has 6 heteroatoms. The predicted molar refractivity (Wildman–Crippen MR) is 91.2 cm³/mol. The third kappa shape index (κ3) is 3.97. The molecule has 0 bridgehead atoms. The minimum Gasteiger partial charge on any atom is -0.493 e. The monoisotopic (exact) mass is 331 g/mol. The highest BCUT2D eigenvalue weighted by Gasteiger charge is 2.15. The number of nitrogens with one attached hydrogen (secondary N) is 1. The second-order valence-electron chi connectivity index (χ2n) is 5.00. The van der Waals surface area contributed by atoms with Gasteiger partial charge in [-0.2, -0.15) is 0 Å². The van der Waals surface area contributed by atoms with Gasteiger partial charge in [-0.3, -0.25) is 4.79 Å². The van der Waals surface area contributed by atoms with Gasteiger partial charge in [0.2, 0.25) is 5.75 Å². The fraction of sp³-hybridized carbons (Fsp3) is 0.278. The van der Waals surface area contributed by atoms with Crippen molar-refractivity contribution in [1.29, 1.82) is 0 Å². The van der Waals surface area contributed by atoms with Crippen LogP contribution in [-0.2, 0) is 11.3 Å². The third-order valence-electron chi connectivity index (χ3n) is 3.42. The molecule has 0 atom stereocenters. The van der Waals surface area contributed by atoms with Crippen molar-refractivity contribution in [2.75, 3.05) is 33.8 Å². The smallest absolute Gasteiger partial charge is 0.255 e. The van der Waals surface area contributed by atoms with Gasteiger partial charge in [-0.25, -0.2) is 0 Å². The number of benzene rings is 2. The van der Waals surface area contributed by atoms with Crippen LogP contribution in [0, 0.1) is 0 Å². The maximum absolute atomic E-state index is 12.5. The van der Waals surface area contributed by atoms with Gasteiger partial charge in [0.05, 0.1) is 27.9 Å². The van der Waals surface area contributed by atoms with Gasteiger partial charge in [0.1, 0.15) is 0 Å². The molecule has 0 radical (unpaired) electrons. The summed E-state index contributed by atoms with van der Waals surface area (Å²) in [5.41, 5.74) is 2.01. The molecule has 0 aliphatic carbocycles. The van der Waals surface area contributed by atoms with Crippen molar-refractivity contribution in [3.05, 3.63) is 47.5 Å². The summed E-state index contributed by atoms with van der Waals surface area (Å²) in [6.45, 7) is 0.450. The summed E-state index contributed by atoms with van der Waals surface area (Å²) < 4.78 is 20.9. The first-order chi connectivity index (χ1) is 11.6. The standard InChI is InChI=1S/C18H21NO5/c1-21-11-12-6-5-7-13(8-12)18(20)19-14-9-15(22-2)17(24-4)16(10-14)23-3/h5-10H,11H2,1-4H3,(H,19,20). The number of hydrogen-bond donors (Lipinski definition) is 1. The van der Waals surface area contributed by atoms with Gasteiger partial charge in [0.15, 0.2) is 11.5 Å². The van der Waals surface area contributed by atoms with Gasteiger partial charge in [0, 0.05) is 30.5 Å². The molecule has 128 valence electrons. The van der Waals surface area contributed by atoms with Crippen molar-refractivity contribution in [1.82, 2.24) is 0 Å². The molecule has 0 saturated heterocycles. The van der Waals surface area contributed by atoms with Crippen LogP contribution in [0.15, 0.2) is 36.4 Å². The Morgan fingerprint density at radius 2 is 1.62 bits per heavy atom. The molecule has 1 amide bonds. The highest BCUT2D eigenvalue weighted by Crippen LogP contribution is 2.40. The second kappa shape index (κ2) is 8.21. The highest BCUT2D eigenvalue weighted by atomic mass is 16.5. The average molecular weight is 331 g/mol. The second-order valence-corrected chi connectivity index (χ2v) is 5.00. The third-order valence-corrected chi connectivity index (χ3v) is 3.42. The molecule has 2 aromatic rings. The lowest BCUT2D eigenvalue weighted by Crippen LogP contribution is -2.12. The number of carbonyl (C=O) groups excluding carboxylic acids is 1. The van der Waals surface area contributed by atoms with E-state index in [1.165, 1.54) is 21.3 Å². The molecule has 1 N–H and O–H groups in total. The fourth-order valence-electron chi connectivity index (χ4n) is 2.33. The van der Waals surface area contributed by atoms with Crippen molar-refractivity contribution in [3.63, 3.8) is 0 Å². The van der Waals surface area contributed by atoms with E-state index in [4.69, 9.17) is 18.9 Å². The first kappa shape index (κ1) is 17.6.